The zero-order chi connectivity index (χ0) is 71.4. The second kappa shape index (κ2) is 30.2. The van der Waals surface area contributed by atoms with Crippen molar-refractivity contribution in [2.24, 2.45) is 35.2 Å². The van der Waals surface area contributed by atoms with Gasteiger partial charge in [-0.1, -0.05) is 114 Å². The van der Waals surface area contributed by atoms with Crippen LogP contribution in [0.15, 0.2) is 243 Å². The first-order valence-electron chi connectivity index (χ1n) is 35.2. The van der Waals surface area contributed by atoms with Gasteiger partial charge in [-0.3, -0.25) is 0 Å². The number of rotatable bonds is 5. The van der Waals surface area contributed by atoms with Gasteiger partial charge in [0.2, 0.25) is 56.1 Å². The molecule has 5 heteroatoms. The summed E-state index contributed by atoms with van der Waals surface area (Å²) >= 11 is 0. The van der Waals surface area contributed by atoms with Crippen molar-refractivity contribution >= 4 is 54.5 Å². The highest BCUT2D eigenvalue weighted by molar-refractivity contribution is 5.83. The van der Waals surface area contributed by atoms with E-state index in [1.807, 2.05) is 0 Å². The maximum Gasteiger partial charge on any atom is 0.213 e. The second-order valence-corrected chi connectivity index (χ2v) is 27.8. The molecule has 0 N–H and O–H groups in total. The van der Waals surface area contributed by atoms with Gasteiger partial charge in [0.05, 0.1) is 11.1 Å². The van der Waals surface area contributed by atoms with Gasteiger partial charge in [-0.15, -0.1) is 0 Å². The molecule has 0 bridgehead atoms. The summed E-state index contributed by atoms with van der Waals surface area (Å²) in [6, 6.07) is 87.3. The Morgan fingerprint density at radius 2 is 0.500 bits per heavy atom. The van der Waals surface area contributed by atoms with Gasteiger partial charge in [-0.05, 0) is 255 Å². The first-order chi connectivity index (χ1) is 47.9. The second-order valence-electron chi connectivity index (χ2n) is 27.8. The molecule has 500 valence electrons. The zero-order valence-electron chi connectivity index (χ0n) is 62.8. The van der Waals surface area contributed by atoms with Crippen LogP contribution in [0.5, 0.6) is 0 Å². The number of pyridine rings is 5. The van der Waals surface area contributed by atoms with Gasteiger partial charge in [0.1, 0.15) is 35.2 Å². The van der Waals surface area contributed by atoms with Crippen LogP contribution in [0.1, 0.15) is 83.5 Å². The normalized spacial score (nSPS) is 11.0. The van der Waals surface area contributed by atoms with Crippen LogP contribution in [0.25, 0.3) is 111 Å². The number of hydrogen-bond acceptors (Lipinski definition) is 0. The molecular formula is C95H100N5+5. The van der Waals surface area contributed by atoms with Crippen molar-refractivity contribution in [3.8, 4) is 56.3 Å². The zero-order valence-corrected chi connectivity index (χ0v) is 62.8. The number of para-hydroxylation sites is 5. The summed E-state index contributed by atoms with van der Waals surface area (Å²) in [5, 5.41) is 6.39. The minimum atomic E-state index is 1.27. The van der Waals surface area contributed by atoms with Crippen molar-refractivity contribution < 1.29 is 22.8 Å². The molecule has 5 nitrogen and oxygen atoms in total. The number of benzene rings is 10. The first-order valence-corrected chi connectivity index (χ1v) is 35.2. The fraction of sp³-hybridized carbons (Fsp3) is 0.211. The summed E-state index contributed by atoms with van der Waals surface area (Å²) in [5.41, 5.74) is 39.6. The molecule has 0 unspecified atom stereocenters. The molecule has 0 amide bonds. The van der Waals surface area contributed by atoms with Crippen molar-refractivity contribution in [1.29, 1.82) is 0 Å². The lowest BCUT2D eigenvalue weighted by atomic mass is 9.95. The van der Waals surface area contributed by atoms with E-state index in [1.165, 1.54) is 194 Å². The van der Waals surface area contributed by atoms with Crippen molar-refractivity contribution in [1.82, 2.24) is 0 Å². The lowest BCUT2D eigenvalue weighted by Crippen LogP contribution is -2.32. The van der Waals surface area contributed by atoms with Gasteiger partial charge in [0, 0.05) is 104 Å². The molecule has 10 aromatic carbocycles. The molecule has 0 saturated heterocycles. The Labute approximate surface area is 595 Å². The van der Waals surface area contributed by atoms with E-state index in [0.29, 0.717) is 0 Å². The van der Waals surface area contributed by atoms with Crippen LogP contribution in [0.3, 0.4) is 0 Å². The van der Waals surface area contributed by atoms with E-state index in [2.05, 4.69) is 405 Å². The van der Waals surface area contributed by atoms with E-state index in [1.54, 1.807) is 0 Å². The Kier molecular flexibility index (Phi) is 21.3. The molecule has 15 rings (SSSR count). The summed E-state index contributed by atoms with van der Waals surface area (Å²) in [6.45, 7) is 32.8. The Bertz CT molecular complexity index is 5510. The van der Waals surface area contributed by atoms with Crippen LogP contribution >= 0.6 is 0 Å². The highest BCUT2D eigenvalue weighted by Gasteiger charge is 2.23. The molecule has 0 saturated carbocycles. The number of aryl methyl sites for hydroxylation is 16. The fourth-order valence-electron chi connectivity index (χ4n) is 14.7. The average Bonchev–Trinajstić information content (AvgIpc) is 0.806. The quantitative estimate of drug-likeness (QED) is 0.153. The molecule has 5 heterocycles. The van der Waals surface area contributed by atoms with Crippen LogP contribution < -0.4 is 22.8 Å². The van der Waals surface area contributed by atoms with E-state index in [4.69, 9.17) is 0 Å². The van der Waals surface area contributed by atoms with Gasteiger partial charge in [-0.2, -0.15) is 22.8 Å². The highest BCUT2D eigenvalue weighted by atomic mass is 15.0. The molecule has 15 aromatic rings. The van der Waals surface area contributed by atoms with Gasteiger partial charge in [0.15, 0.2) is 0 Å². The van der Waals surface area contributed by atoms with Gasteiger partial charge in [0.25, 0.3) is 0 Å². The van der Waals surface area contributed by atoms with E-state index in [9.17, 15) is 0 Å². The summed E-state index contributed by atoms with van der Waals surface area (Å²) in [5.74, 6) is 0. The predicted molar refractivity (Wildman–Crippen MR) is 424 cm³/mol. The van der Waals surface area contributed by atoms with Crippen molar-refractivity contribution in [2.45, 2.75) is 104 Å². The number of aromatic nitrogens is 5. The summed E-state index contributed by atoms with van der Waals surface area (Å²) < 4.78 is 11.4. The molecule has 0 radical (unpaired) electrons. The minimum Gasteiger partial charge on any atom is -0.194 e. The maximum absolute atomic E-state index is 2.30. The smallest absolute Gasteiger partial charge is 0.194 e. The molecular weight excluding hydrogens is 1210 g/mol. The van der Waals surface area contributed by atoms with Crippen LogP contribution in [0.2, 0.25) is 0 Å². The molecule has 100 heavy (non-hydrogen) atoms. The van der Waals surface area contributed by atoms with Crippen molar-refractivity contribution in [2.75, 3.05) is 0 Å². The Hall–Kier alpha value is -10.8. The summed E-state index contributed by atoms with van der Waals surface area (Å²) in [7, 11) is 10.7. The number of nitrogens with zero attached hydrogens (tertiary/aromatic N) is 5. The van der Waals surface area contributed by atoms with Crippen LogP contribution in [-0.4, -0.2) is 0 Å². The third kappa shape index (κ3) is 14.5. The highest BCUT2D eigenvalue weighted by Crippen LogP contribution is 2.33. The van der Waals surface area contributed by atoms with E-state index in [0.717, 1.165) is 0 Å². The minimum absolute atomic E-state index is 1.27. The predicted octanol–water partition coefficient (Wildman–Crippen LogP) is 21.3. The largest absolute Gasteiger partial charge is 0.213 e. The van der Waals surface area contributed by atoms with Gasteiger partial charge < -0.3 is 0 Å². The molecule has 0 aliphatic heterocycles. The lowest BCUT2D eigenvalue weighted by Gasteiger charge is -2.11. The third-order valence-corrected chi connectivity index (χ3v) is 21.1. The van der Waals surface area contributed by atoms with E-state index >= 15 is 0 Å². The average molecular weight is 1310 g/mol. The monoisotopic (exact) mass is 1310 g/mol. The van der Waals surface area contributed by atoms with Crippen LogP contribution in [-0.2, 0) is 35.2 Å². The Morgan fingerprint density at radius 1 is 0.180 bits per heavy atom. The molecule has 0 aliphatic carbocycles. The van der Waals surface area contributed by atoms with Crippen molar-refractivity contribution in [3.05, 3.63) is 326 Å². The standard InChI is InChI=1S/5C19H20N/c1-13-9-11-17(15(3)14(13)2)19-12-10-16-7-5-6-8-18(16)20(19)4;1-13-11-15(3)17(12-14(13)2)19-10-9-16-7-5-6-8-18(16)20(19)4;1-13-11-14(2)15(3)17(12-13)19-10-9-16-7-5-6-8-18(16)20(19)4;1-13-11-14(2)19(15(3)12-13)18-10-9-16-7-5-6-8-17(16)20(18)4;1-13-9-10-14(2)19(15(13)3)18-12-11-16-7-5-6-8-17(16)20(18)4/h5*5-12H,1-4H3/q5*+1. The SMILES string of the molecule is Cc1cc(C)c(-c2ccc3ccccc3[n+]2C)c(C)c1.Cc1cc(C)c(-c2ccc3ccccc3[n+]2C)cc1C.Cc1cc(C)c(C)c(-c2ccc3ccccc3[n+]2C)c1.Cc1ccc(-c2ccc3ccccc3[n+]2C)c(C)c1C.Cc1ccc(C)c(-c2ccc3ccccc3[n+]2C)c1C. The van der Waals surface area contributed by atoms with Gasteiger partial charge >= 0.3 is 0 Å². The van der Waals surface area contributed by atoms with Crippen molar-refractivity contribution in [3.63, 3.8) is 0 Å². The summed E-state index contributed by atoms with van der Waals surface area (Å²) in [6.07, 6.45) is 0. The number of hydrogen-bond donors (Lipinski definition) is 0. The van der Waals surface area contributed by atoms with E-state index < -0.39 is 0 Å². The fourth-order valence-corrected chi connectivity index (χ4v) is 14.7. The van der Waals surface area contributed by atoms with Crippen LogP contribution in [0.4, 0.5) is 0 Å². The van der Waals surface area contributed by atoms with Crippen LogP contribution in [0, 0.1) is 104 Å². The lowest BCUT2D eigenvalue weighted by molar-refractivity contribution is -0.633. The molecule has 0 fully saturated rings. The molecule has 5 aromatic heterocycles. The maximum atomic E-state index is 2.30. The third-order valence-electron chi connectivity index (χ3n) is 21.1. The first kappa shape index (κ1) is 70.6. The Morgan fingerprint density at radius 3 is 0.940 bits per heavy atom. The topological polar surface area (TPSA) is 19.4 Å². The molecule has 0 aliphatic rings. The van der Waals surface area contributed by atoms with Gasteiger partial charge in [-0.25, -0.2) is 0 Å². The summed E-state index contributed by atoms with van der Waals surface area (Å²) in [4.78, 5) is 0. The number of fused-ring (bicyclic) bond motifs is 5. The van der Waals surface area contributed by atoms with E-state index in [-0.39, 0.29) is 0 Å². The molecule has 0 atom stereocenters. The molecule has 0 spiro atoms. The Balaban J connectivity index is 0.000000126.